The van der Waals surface area contributed by atoms with Crippen LogP contribution >= 0.6 is 11.8 Å². The van der Waals surface area contributed by atoms with Gasteiger partial charge in [-0.05, 0) is 31.0 Å². The number of nitrogens with zero attached hydrogens (tertiary/aromatic N) is 1. The molecule has 0 unspecified atom stereocenters. The third-order valence-electron chi connectivity index (χ3n) is 2.69. The SMILES string of the molecule is N#CSCCCCCCCCCCCC(=O)[O-].[K+]. The second-order valence-corrected chi connectivity index (χ2v) is 5.12. The molecule has 5 heteroatoms. The molecule has 0 aliphatic carbocycles. The molecule has 0 bridgehead atoms. The van der Waals surface area contributed by atoms with E-state index in [0.717, 1.165) is 31.4 Å². The molecule has 3 nitrogen and oxygen atoms in total. The summed E-state index contributed by atoms with van der Waals surface area (Å²) < 4.78 is 0. The first-order chi connectivity index (χ1) is 8.27. The van der Waals surface area contributed by atoms with Gasteiger partial charge in [0.15, 0.2) is 0 Å². The third-order valence-corrected chi connectivity index (χ3v) is 3.31. The van der Waals surface area contributed by atoms with E-state index in [1.165, 1.54) is 43.9 Å². The van der Waals surface area contributed by atoms with Gasteiger partial charge >= 0.3 is 51.4 Å². The molecular formula is C13H22KNO2S. The number of thioether (sulfide) groups is 1. The van der Waals surface area contributed by atoms with Gasteiger partial charge in [-0.25, -0.2) is 0 Å². The Kier molecular flexibility index (Phi) is 21.2. The summed E-state index contributed by atoms with van der Waals surface area (Å²) in [6.07, 6.45) is 10.4. The standard InChI is InChI=1S/C13H23NO2S.K/c14-12-17-11-9-7-5-3-1-2-4-6-8-10-13(15)16;/h1-11H2,(H,15,16);/q;+1/p-1. The van der Waals surface area contributed by atoms with Crippen LogP contribution in [-0.2, 0) is 4.79 Å². The van der Waals surface area contributed by atoms with Crippen LogP contribution in [0.15, 0.2) is 0 Å². The first kappa shape index (κ1) is 21.2. The van der Waals surface area contributed by atoms with Crippen LogP contribution in [0.2, 0.25) is 0 Å². The molecule has 0 saturated heterocycles. The van der Waals surface area contributed by atoms with Crippen molar-refractivity contribution in [2.24, 2.45) is 0 Å². The minimum atomic E-state index is -0.930. The first-order valence-electron chi connectivity index (χ1n) is 6.48. The average molecular weight is 295 g/mol. The Morgan fingerprint density at radius 1 is 0.944 bits per heavy atom. The molecule has 0 amide bonds. The van der Waals surface area contributed by atoms with E-state index in [1.807, 2.05) is 0 Å². The van der Waals surface area contributed by atoms with Crippen molar-refractivity contribution in [2.45, 2.75) is 64.2 Å². The summed E-state index contributed by atoms with van der Waals surface area (Å²) in [5.74, 6) is 0.0277. The Bertz CT molecular complexity index is 232. The van der Waals surface area contributed by atoms with Gasteiger partial charge in [-0.3, -0.25) is 0 Å². The fourth-order valence-electron chi connectivity index (χ4n) is 1.73. The zero-order valence-corrected chi connectivity index (χ0v) is 15.4. The largest absolute Gasteiger partial charge is 1.00 e. The second kappa shape index (κ2) is 17.9. The van der Waals surface area contributed by atoms with Gasteiger partial charge in [0.1, 0.15) is 5.40 Å². The van der Waals surface area contributed by atoms with Gasteiger partial charge in [-0.15, -0.1) is 0 Å². The Labute approximate surface area is 158 Å². The number of unbranched alkanes of at least 4 members (excludes halogenated alkanes) is 8. The fourth-order valence-corrected chi connectivity index (χ4v) is 2.17. The van der Waals surface area contributed by atoms with Gasteiger partial charge in [-0.2, -0.15) is 5.26 Å². The Morgan fingerprint density at radius 3 is 1.83 bits per heavy atom. The zero-order valence-electron chi connectivity index (χ0n) is 11.5. The van der Waals surface area contributed by atoms with Gasteiger partial charge in [-0.1, -0.05) is 44.9 Å². The number of hydrogen-bond donors (Lipinski definition) is 0. The van der Waals surface area contributed by atoms with Gasteiger partial charge in [0, 0.05) is 11.7 Å². The van der Waals surface area contributed by atoms with Crippen molar-refractivity contribution in [3.05, 3.63) is 0 Å². The monoisotopic (exact) mass is 295 g/mol. The maximum absolute atomic E-state index is 10.1. The smallest absolute Gasteiger partial charge is 0.550 e. The van der Waals surface area contributed by atoms with Gasteiger partial charge in [0.2, 0.25) is 0 Å². The number of rotatable bonds is 12. The number of carboxylic acids is 1. The van der Waals surface area contributed by atoms with E-state index < -0.39 is 5.97 Å². The average Bonchev–Trinajstić information content (AvgIpc) is 2.30. The van der Waals surface area contributed by atoms with Gasteiger partial charge in [0.25, 0.3) is 0 Å². The van der Waals surface area contributed by atoms with Crippen LogP contribution in [-0.4, -0.2) is 11.7 Å². The minimum absolute atomic E-state index is 0. The summed E-state index contributed by atoms with van der Waals surface area (Å²) in [6, 6.07) is 0. The van der Waals surface area contributed by atoms with Crippen molar-refractivity contribution < 1.29 is 61.3 Å². The number of carbonyl (C=O) groups is 1. The van der Waals surface area contributed by atoms with Crippen LogP contribution in [0.4, 0.5) is 0 Å². The summed E-state index contributed by atoms with van der Waals surface area (Å²) in [5.41, 5.74) is 0. The Hall–Kier alpha value is 0.946. The first-order valence-corrected chi connectivity index (χ1v) is 7.46. The predicted molar refractivity (Wildman–Crippen MR) is 69.2 cm³/mol. The molecule has 0 aromatic rings. The normalized spacial score (nSPS) is 9.50. The van der Waals surface area contributed by atoms with Crippen LogP contribution in [0.1, 0.15) is 64.2 Å². The molecule has 0 fully saturated rings. The molecule has 0 aliphatic rings. The molecule has 0 N–H and O–H groups in total. The Balaban J connectivity index is 0. The quantitative estimate of drug-likeness (QED) is 0.285. The molecule has 0 atom stereocenters. The molecular weight excluding hydrogens is 273 g/mol. The molecule has 0 aromatic heterocycles. The maximum Gasteiger partial charge on any atom is 1.00 e. The van der Waals surface area contributed by atoms with E-state index in [4.69, 9.17) is 5.26 Å². The van der Waals surface area contributed by atoms with Gasteiger partial charge < -0.3 is 9.90 Å². The van der Waals surface area contributed by atoms with E-state index in [9.17, 15) is 9.90 Å². The molecule has 0 saturated carbocycles. The van der Waals surface area contributed by atoms with E-state index in [2.05, 4.69) is 5.40 Å². The number of nitriles is 1. The van der Waals surface area contributed by atoms with E-state index in [0.29, 0.717) is 0 Å². The summed E-state index contributed by atoms with van der Waals surface area (Å²) >= 11 is 1.34. The van der Waals surface area contributed by atoms with Crippen LogP contribution in [0.25, 0.3) is 0 Å². The van der Waals surface area contributed by atoms with Crippen LogP contribution in [0.5, 0.6) is 0 Å². The van der Waals surface area contributed by atoms with Crippen molar-refractivity contribution in [2.75, 3.05) is 5.75 Å². The van der Waals surface area contributed by atoms with Crippen molar-refractivity contribution in [3.63, 3.8) is 0 Å². The molecule has 0 spiro atoms. The third kappa shape index (κ3) is 19.3. The van der Waals surface area contributed by atoms with Crippen LogP contribution < -0.4 is 56.5 Å². The van der Waals surface area contributed by atoms with Crippen molar-refractivity contribution in [1.82, 2.24) is 0 Å². The molecule has 0 rings (SSSR count). The number of carbonyl (C=O) groups excluding carboxylic acids is 1. The molecule has 0 aliphatic heterocycles. The fraction of sp³-hybridized carbons (Fsp3) is 0.846. The Morgan fingerprint density at radius 2 is 1.39 bits per heavy atom. The summed E-state index contributed by atoms with van der Waals surface area (Å²) in [4.78, 5) is 10.1. The van der Waals surface area contributed by atoms with E-state index >= 15 is 0 Å². The molecule has 0 aromatic carbocycles. The molecule has 0 heterocycles. The number of hydrogen-bond acceptors (Lipinski definition) is 4. The molecule has 0 radical (unpaired) electrons. The number of carboxylic acid groups (broad SMARTS) is 1. The van der Waals surface area contributed by atoms with Crippen LogP contribution in [0.3, 0.4) is 0 Å². The maximum atomic E-state index is 10.1. The summed E-state index contributed by atoms with van der Waals surface area (Å²) in [6.45, 7) is 0. The molecule has 98 valence electrons. The minimum Gasteiger partial charge on any atom is -0.550 e. The van der Waals surface area contributed by atoms with Gasteiger partial charge in [0.05, 0.1) is 0 Å². The van der Waals surface area contributed by atoms with Crippen LogP contribution in [0, 0.1) is 10.7 Å². The van der Waals surface area contributed by atoms with Crippen molar-refractivity contribution in [3.8, 4) is 5.40 Å². The second-order valence-electron chi connectivity index (χ2n) is 4.24. The topological polar surface area (TPSA) is 63.9 Å². The van der Waals surface area contributed by atoms with Crippen molar-refractivity contribution in [1.29, 1.82) is 5.26 Å². The van der Waals surface area contributed by atoms with E-state index in [-0.39, 0.29) is 57.8 Å². The van der Waals surface area contributed by atoms with Crippen molar-refractivity contribution >= 4 is 17.7 Å². The predicted octanol–water partition coefficient (Wildman–Crippen LogP) is -0.144. The molecule has 18 heavy (non-hydrogen) atoms. The zero-order chi connectivity index (χ0) is 12.8. The van der Waals surface area contributed by atoms with E-state index in [1.54, 1.807) is 0 Å². The number of thiocyanates is 1. The summed E-state index contributed by atoms with van der Waals surface area (Å²) in [5, 5.41) is 20.5. The summed E-state index contributed by atoms with van der Waals surface area (Å²) in [7, 11) is 0. The number of aliphatic carboxylic acids is 1.